The number of aromatic nitrogens is 1. The Morgan fingerprint density at radius 2 is 2.27 bits per heavy atom. The van der Waals surface area contributed by atoms with Crippen LogP contribution in [0, 0.1) is 4.84 Å². The van der Waals surface area contributed by atoms with Crippen LogP contribution in [0.4, 0.5) is 4.39 Å². The first-order chi connectivity index (χ1) is 10.4. The van der Waals surface area contributed by atoms with Gasteiger partial charge in [0, 0.05) is 18.5 Å². The first kappa shape index (κ1) is 14.7. The molecule has 3 rings (SSSR count). The summed E-state index contributed by atoms with van der Waals surface area (Å²) in [4.78, 5) is 28.2. The summed E-state index contributed by atoms with van der Waals surface area (Å²) in [5, 5.41) is 0. The molecular weight excluding hydrogens is 311 g/mol. The lowest BCUT2D eigenvalue weighted by Gasteiger charge is -2.18. The number of hydrogen-bond donors (Lipinski definition) is 1. The molecule has 0 aliphatic carbocycles. The Morgan fingerprint density at radius 1 is 1.50 bits per heavy atom. The lowest BCUT2D eigenvalue weighted by Crippen LogP contribution is -2.39. The van der Waals surface area contributed by atoms with E-state index in [4.69, 9.17) is 16.6 Å². The van der Waals surface area contributed by atoms with Gasteiger partial charge in [0.15, 0.2) is 5.58 Å². The quantitative estimate of drug-likeness (QED) is 0.677. The summed E-state index contributed by atoms with van der Waals surface area (Å²) in [6.07, 6.45) is -0.0709. The van der Waals surface area contributed by atoms with Crippen LogP contribution in [0.2, 0.25) is 0 Å². The first-order valence-electron chi connectivity index (χ1n) is 6.62. The number of alkyl halides is 1. The van der Waals surface area contributed by atoms with Crippen molar-refractivity contribution in [2.75, 3.05) is 20.2 Å². The molecule has 1 atom stereocenters. The van der Waals surface area contributed by atoms with Gasteiger partial charge < -0.3 is 19.0 Å². The van der Waals surface area contributed by atoms with E-state index in [1.165, 1.54) is 4.90 Å². The number of nitrogens with one attached hydrogen (secondary N) is 1. The van der Waals surface area contributed by atoms with Gasteiger partial charge in [0.25, 0.3) is 10.7 Å². The van der Waals surface area contributed by atoms with Gasteiger partial charge in [-0.25, -0.2) is 9.18 Å². The van der Waals surface area contributed by atoms with Crippen molar-refractivity contribution >= 4 is 35.2 Å². The second-order valence-electron chi connectivity index (χ2n) is 5.16. The molecule has 0 saturated carbocycles. The highest BCUT2D eigenvalue weighted by Gasteiger charge is 2.47. The highest BCUT2D eigenvalue weighted by molar-refractivity contribution is 7.71. The second kappa shape index (κ2) is 5.20. The van der Waals surface area contributed by atoms with Crippen molar-refractivity contribution < 1.29 is 23.1 Å². The van der Waals surface area contributed by atoms with Crippen molar-refractivity contribution in [2.45, 2.75) is 12.1 Å². The number of nitrogens with zero attached hydrogens (tertiary/aromatic N) is 1. The molecule has 6 nitrogen and oxygen atoms in total. The summed E-state index contributed by atoms with van der Waals surface area (Å²) in [6, 6.07) is 4.81. The molecule has 0 radical (unpaired) electrons. The minimum absolute atomic E-state index is 0.0709. The van der Waals surface area contributed by atoms with Gasteiger partial charge in [0.1, 0.15) is 0 Å². The molecule has 8 heteroatoms. The highest BCUT2D eigenvalue weighted by Crippen LogP contribution is 2.28. The van der Waals surface area contributed by atoms with E-state index >= 15 is 0 Å². The minimum Gasteiger partial charge on any atom is -0.467 e. The van der Waals surface area contributed by atoms with Gasteiger partial charge in [-0.05, 0) is 30.4 Å². The number of H-pyrrole nitrogens is 1. The molecule has 1 N–H and O–H groups in total. The van der Waals surface area contributed by atoms with Crippen LogP contribution in [-0.2, 0) is 9.53 Å². The maximum atomic E-state index is 14.4. The van der Waals surface area contributed by atoms with Crippen LogP contribution in [0.3, 0.4) is 0 Å². The zero-order chi connectivity index (χ0) is 15.9. The molecule has 0 spiro atoms. The zero-order valence-electron chi connectivity index (χ0n) is 11.7. The van der Waals surface area contributed by atoms with Crippen molar-refractivity contribution in [3.63, 3.8) is 0 Å². The topological polar surface area (TPSA) is 75.5 Å². The summed E-state index contributed by atoms with van der Waals surface area (Å²) in [5.41, 5.74) is -0.660. The summed E-state index contributed by atoms with van der Waals surface area (Å²) in [6.45, 7) is -0.161. The van der Waals surface area contributed by atoms with Crippen LogP contribution >= 0.6 is 12.2 Å². The average Bonchev–Trinajstić information content (AvgIpc) is 3.07. The van der Waals surface area contributed by atoms with Gasteiger partial charge >= 0.3 is 5.97 Å². The van der Waals surface area contributed by atoms with Crippen LogP contribution < -0.4 is 0 Å². The molecule has 1 aromatic carbocycles. The molecule has 22 heavy (non-hydrogen) atoms. The van der Waals surface area contributed by atoms with Crippen molar-refractivity contribution in [3.05, 3.63) is 28.6 Å². The number of ether oxygens (including phenoxy) is 1. The number of benzene rings is 1. The number of aromatic amines is 1. The molecule has 2 aromatic rings. The number of oxazole rings is 1. The zero-order valence-corrected chi connectivity index (χ0v) is 12.5. The summed E-state index contributed by atoms with van der Waals surface area (Å²) < 4.78 is 24.1. The van der Waals surface area contributed by atoms with E-state index in [0.717, 1.165) is 7.11 Å². The molecule has 1 amide bonds. The number of hydrogen-bond acceptors (Lipinski definition) is 5. The SMILES string of the molecule is COC(=O)C1(F)CCN(C(=O)c2ccc3[nH]c(=S)oc3c2)C1. The van der Waals surface area contributed by atoms with Gasteiger partial charge in [0.2, 0.25) is 5.67 Å². The number of esters is 1. The average molecular weight is 324 g/mol. The third-order valence-electron chi connectivity index (χ3n) is 3.73. The van der Waals surface area contributed by atoms with E-state index in [0.29, 0.717) is 16.7 Å². The van der Waals surface area contributed by atoms with Gasteiger partial charge in [-0.15, -0.1) is 0 Å². The van der Waals surface area contributed by atoms with E-state index < -0.39 is 11.6 Å². The van der Waals surface area contributed by atoms with Gasteiger partial charge in [0.05, 0.1) is 19.2 Å². The smallest absolute Gasteiger partial charge is 0.345 e. The third kappa shape index (κ3) is 2.39. The Labute approximate surface area is 129 Å². The molecule has 2 heterocycles. The summed E-state index contributed by atoms with van der Waals surface area (Å²) in [5.74, 6) is -1.32. The molecule has 116 valence electrons. The lowest BCUT2D eigenvalue weighted by atomic mass is 10.1. The Kier molecular flexibility index (Phi) is 3.48. The van der Waals surface area contributed by atoms with Gasteiger partial charge in [-0.1, -0.05) is 0 Å². The number of carbonyl (C=O) groups is 2. The van der Waals surface area contributed by atoms with Crippen LogP contribution in [0.5, 0.6) is 0 Å². The molecule has 0 bridgehead atoms. The first-order valence-corrected chi connectivity index (χ1v) is 7.03. The maximum Gasteiger partial charge on any atom is 0.345 e. The Balaban J connectivity index is 1.84. The number of methoxy groups -OCH3 is 1. The number of carbonyl (C=O) groups excluding carboxylic acids is 2. The largest absolute Gasteiger partial charge is 0.467 e. The number of fused-ring (bicyclic) bond motifs is 1. The van der Waals surface area contributed by atoms with Crippen molar-refractivity contribution in [1.82, 2.24) is 9.88 Å². The molecule has 1 aromatic heterocycles. The summed E-state index contributed by atoms with van der Waals surface area (Å²) >= 11 is 4.88. The van der Waals surface area contributed by atoms with Crippen LogP contribution in [0.25, 0.3) is 11.1 Å². The summed E-state index contributed by atoms with van der Waals surface area (Å²) in [7, 11) is 1.13. The molecule has 1 aliphatic heterocycles. The fraction of sp³-hybridized carbons (Fsp3) is 0.357. The predicted octanol–water partition coefficient (Wildman–Crippen LogP) is 2.22. The number of halogens is 1. The third-order valence-corrected chi connectivity index (χ3v) is 3.91. The van der Waals surface area contributed by atoms with E-state index in [1.54, 1.807) is 18.2 Å². The van der Waals surface area contributed by atoms with Gasteiger partial charge in [-0.2, -0.15) is 0 Å². The number of amides is 1. The Bertz CT molecular complexity index is 815. The van der Waals surface area contributed by atoms with E-state index in [1.807, 2.05) is 0 Å². The van der Waals surface area contributed by atoms with E-state index in [9.17, 15) is 14.0 Å². The molecular formula is C14H13FN2O4S. The van der Waals surface area contributed by atoms with Crippen molar-refractivity contribution in [2.24, 2.45) is 0 Å². The monoisotopic (exact) mass is 324 g/mol. The van der Waals surface area contributed by atoms with Crippen LogP contribution in [0.15, 0.2) is 22.6 Å². The van der Waals surface area contributed by atoms with Crippen molar-refractivity contribution in [3.8, 4) is 0 Å². The van der Waals surface area contributed by atoms with Crippen LogP contribution in [-0.4, -0.2) is 47.6 Å². The van der Waals surface area contributed by atoms with E-state index in [2.05, 4.69) is 9.72 Å². The fourth-order valence-corrected chi connectivity index (χ4v) is 2.76. The molecule has 1 unspecified atom stereocenters. The second-order valence-corrected chi connectivity index (χ2v) is 5.53. The lowest BCUT2D eigenvalue weighted by molar-refractivity contribution is -0.153. The molecule has 1 aliphatic rings. The normalized spacial score (nSPS) is 21.3. The Morgan fingerprint density at radius 3 is 3.00 bits per heavy atom. The van der Waals surface area contributed by atoms with Crippen LogP contribution in [0.1, 0.15) is 16.8 Å². The molecule has 1 saturated heterocycles. The maximum absolute atomic E-state index is 14.4. The fourth-order valence-electron chi connectivity index (χ4n) is 2.56. The minimum atomic E-state index is -2.14. The van der Waals surface area contributed by atoms with Crippen molar-refractivity contribution in [1.29, 1.82) is 0 Å². The highest BCUT2D eigenvalue weighted by atomic mass is 32.1. The predicted molar refractivity (Wildman–Crippen MR) is 77.8 cm³/mol. The van der Waals surface area contributed by atoms with Gasteiger partial charge in [-0.3, -0.25) is 4.79 Å². The number of likely N-dealkylation sites (tertiary alicyclic amines) is 1. The Hall–Kier alpha value is -2.22. The van der Waals surface area contributed by atoms with E-state index in [-0.39, 0.29) is 30.3 Å². The number of rotatable bonds is 2. The molecule has 1 fully saturated rings. The standard InChI is InChI=1S/C14H13FN2O4S/c1-20-12(19)14(15)4-5-17(7-14)11(18)8-2-3-9-10(6-8)21-13(22)16-9/h2-3,6H,4-5,7H2,1H3,(H,16,22).